The molecule has 0 saturated heterocycles. The van der Waals surface area contributed by atoms with Gasteiger partial charge >= 0.3 is 0 Å². The third kappa shape index (κ3) is 4.86. The van der Waals surface area contributed by atoms with Gasteiger partial charge in [0.1, 0.15) is 5.75 Å². The van der Waals surface area contributed by atoms with Gasteiger partial charge in [-0.3, -0.25) is 4.79 Å². The highest BCUT2D eigenvalue weighted by Gasteiger charge is 2.08. The molecular weight excluding hydrogens is 296 g/mol. The minimum Gasteiger partial charge on any atom is -0.492 e. The Labute approximate surface area is 135 Å². The molecule has 0 heterocycles. The zero-order chi connectivity index (χ0) is 15.8. The third-order valence-electron chi connectivity index (χ3n) is 2.90. The van der Waals surface area contributed by atoms with Gasteiger partial charge in [0.25, 0.3) is 0 Å². The normalized spacial score (nSPS) is 9.86. The molecule has 4 nitrogen and oxygen atoms in total. The number of rotatable bonds is 5. The quantitative estimate of drug-likeness (QED) is 0.833. The van der Waals surface area contributed by atoms with Crippen molar-refractivity contribution in [2.45, 2.75) is 13.3 Å². The molecule has 2 aromatic carbocycles. The van der Waals surface area contributed by atoms with Crippen LogP contribution < -0.4 is 15.4 Å². The number of carbonyl (C=O) groups is 1. The summed E-state index contributed by atoms with van der Waals surface area (Å²) in [5.41, 5.74) is 1.67. The maximum absolute atomic E-state index is 12.0. The highest BCUT2D eigenvalue weighted by atomic mass is 32.1. The second kappa shape index (κ2) is 8.14. The fourth-order valence-electron chi connectivity index (χ4n) is 1.96. The van der Waals surface area contributed by atoms with E-state index in [0.717, 1.165) is 11.3 Å². The Hall–Kier alpha value is -2.40. The molecule has 0 aliphatic rings. The smallest absolute Gasteiger partial charge is 0.230 e. The summed E-state index contributed by atoms with van der Waals surface area (Å²) in [6.07, 6.45) is 0.287. The Morgan fingerprint density at radius 2 is 1.77 bits per heavy atom. The van der Waals surface area contributed by atoms with E-state index >= 15 is 0 Å². The molecule has 0 unspecified atom stereocenters. The maximum Gasteiger partial charge on any atom is 0.230 e. The van der Waals surface area contributed by atoms with Crippen LogP contribution in [0.3, 0.4) is 0 Å². The van der Waals surface area contributed by atoms with Gasteiger partial charge in [0, 0.05) is 0 Å². The van der Waals surface area contributed by atoms with Crippen molar-refractivity contribution < 1.29 is 9.53 Å². The average molecular weight is 314 g/mol. The first kappa shape index (κ1) is 16.0. The first-order valence-corrected chi connectivity index (χ1v) is 7.46. The lowest BCUT2D eigenvalue weighted by Gasteiger charge is -2.13. The molecule has 22 heavy (non-hydrogen) atoms. The van der Waals surface area contributed by atoms with Gasteiger partial charge in [0.05, 0.1) is 18.7 Å². The fourth-order valence-corrected chi connectivity index (χ4v) is 2.18. The third-order valence-corrected chi connectivity index (χ3v) is 3.10. The van der Waals surface area contributed by atoms with Crippen molar-refractivity contribution in [3.05, 3.63) is 60.2 Å². The van der Waals surface area contributed by atoms with Crippen LogP contribution in [-0.2, 0) is 11.2 Å². The van der Waals surface area contributed by atoms with E-state index in [1.807, 2.05) is 61.5 Å². The lowest BCUT2D eigenvalue weighted by molar-refractivity contribution is -0.119. The van der Waals surface area contributed by atoms with Crippen LogP contribution in [0, 0.1) is 0 Å². The van der Waals surface area contributed by atoms with Crippen molar-refractivity contribution in [2.75, 3.05) is 11.9 Å². The summed E-state index contributed by atoms with van der Waals surface area (Å²) in [5, 5.41) is 5.92. The molecule has 2 aromatic rings. The number of para-hydroxylation sites is 2. The first-order valence-electron chi connectivity index (χ1n) is 7.05. The van der Waals surface area contributed by atoms with Gasteiger partial charge in [-0.1, -0.05) is 42.5 Å². The van der Waals surface area contributed by atoms with E-state index in [0.29, 0.717) is 12.4 Å². The molecule has 1 amide bonds. The maximum atomic E-state index is 12.0. The molecule has 0 spiro atoms. The van der Waals surface area contributed by atoms with Gasteiger partial charge in [0.2, 0.25) is 5.91 Å². The molecule has 0 fully saturated rings. The second-order valence-electron chi connectivity index (χ2n) is 4.59. The van der Waals surface area contributed by atoms with E-state index in [1.54, 1.807) is 0 Å². The van der Waals surface area contributed by atoms with Crippen molar-refractivity contribution in [2.24, 2.45) is 0 Å². The fraction of sp³-hybridized carbons (Fsp3) is 0.176. The zero-order valence-electron chi connectivity index (χ0n) is 12.3. The van der Waals surface area contributed by atoms with E-state index < -0.39 is 0 Å². The molecule has 0 atom stereocenters. The molecule has 0 aromatic heterocycles. The van der Waals surface area contributed by atoms with Crippen LogP contribution >= 0.6 is 12.2 Å². The van der Waals surface area contributed by atoms with Crippen LogP contribution in [0.25, 0.3) is 0 Å². The Kier molecular flexibility index (Phi) is 5.91. The predicted octanol–water partition coefficient (Wildman–Crippen LogP) is 3.14. The van der Waals surface area contributed by atoms with Crippen LogP contribution in [-0.4, -0.2) is 17.6 Å². The molecular formula is C17H18N2O2S. The average Bonchev–Trinajstić information content (AvgIpc) is 2.50. The monoisotopic (exact) mass is 314 g/mol. The van der Waals surface area contributed by atoms with Gasteiger partial charge in [-0.15, -0.1) is 0 Å². The van der Waals surface area contributed by atoms with E-state index in [2.05, 4.69) is 10.6 Å². The largest absolute Gasteiger partial charge is 0.492 e. The van der Waals surface area contributed by atoms with Crippen molar-refractivity contribution in [3.63, 3.8) is 0 Å². The highest BCUT2D eigenvalue weighted by Crippen LogP contribution is 2.23. The van der Waals surface area contributed by atoms with Crippen molar-refractivity contribution in [1.82, 2.24) is 5.32 Å². The van der Waals surface area contributed by atoms with E-state index in [4.69, 9.17) is 17.0 Å². The standard InChI is InChI=1S/C17H18N2O2S/c1-2-21-15-11-7-6-10-14(15)18-17(22)19-16(20)12-13-8-4-3-5-9-13/h3-11H,2,12H2,1H3,(H2,18,19,20,22). The summed E-state index contributed by atoms with van der Waals surface area (Å²) in [4.78, 5) is 12.0. The SMILES string of the molecule is CCOc1ccccc1NC(=S)NC(=O)Cc1ccccc1. The summed E-state index contributed by atoms with van der Waals surface area (Å²) in [6, 6.07) is 17.0. The van der Waals surface area contributed by atoms with E-state index in [-0.39, 0.29) is 17.4 Å². The van der Waals surface area contributed by atoms with Crippen LogP contribution in [0.15, 0.2) is 54.6 Å². The molecule has 0 saturated carbocycles. The number of thiocarbonyl (C=S) groups is 1. The second-order valence-corrected chi connectivity index (χ2v) is 5.00. The zero-order valence-corrected chi connectivity index (χ0v) is 13.2. The van der Waals surface area contributed by atoms with Gasteiger partial charge in [-0.05, 0) is 36.8 Å². The first-order chi connectivity index (χ1) is 10.7. The van der Waals surface area contributed by atoms with Crippen LogP contribution in [0.4, 0.5) is 5.69 Å². The van der Waals surface area contributed by atoms with Crippen LogP contribution in [0.5, 0.6) is 5.75 Å². The number of carbonyl (C=O) groups excluding carboxylic acids is 1. The lowest BCUT2D eigenvalue weighted by Crippen LogP contribution is -2.35. The van der Waals surface area contributed by atoms with Crippen LogP contribution in [0.2, 0.25) is 0 Å². The minimum atomic E-state index is -0.155. The number of hydrogen-bond acceptors (Lipinski definition) is 3. The Morgan fingerprint density at radius 3 is 2.50 bits per heavy atom. The summed E-state index contributed by atoms with van der Waals surface area (Å²) < 4.78 is 5.50. The lowest BCUT2D eigenvalue weighted by atomic mass is 10.1. The summed E-state index contributed by atoms with van der Waals surface area (Å²) in [5.74, 6) is 0.544. The van der Waals surface area contributed by atoms with Gasteiger partial charge in [-0.2, -0.15) is 0 Å². The highest BCUT2D eigenvalue weighted by molar-refractivity contribution is 7.80. The summed E-state index contributed by atoms with van der Waals surface area (Å²) in [7, 11) is 0. The Morgan fingerprint density at radius 1 is 1.09 bits per heavy atom. The number of nitrogens with one attached hydrogen (secondary N) is 2. The molecule has 0 aliphatic carbocycles. The predicted molar refractivity (Wildman–Crippen MR) is 92.1 cm³/mol. The molecule has 0 radical (unpaired) electrons. The van der Waals surface area contributed by atoms with Gasteiger partial charge in [-0.25, -0.2) is 0 Å². The molecule has 2 N–H and O–H groups in total. The van der Waals surface area contributed by atoms with Crippen LogP contribution in [0.1, 0.15) is 12.5 Å². The number of benzene rings is 2. The molecule has 2 rings (SSSR count). The summed E-state index contributed by atoms with van der Waals surface area (Å²) in [6.45, 7) is 2.47. The number of hydrogen-bond donors (Lipinski definition) is 2. The van der Waals surface area contributed by atoms with Gasteiger partial charge < -0.3 is 15.4 Å². The molecule has 114 valence electrons. The van der Waals surface area contributed by atoms with E-state index in [9.17, 15) is 4.79 Å². The van der Waals surface area contributed by atoms with Gasteiger partial charge in [0.15, 0.2) is 5.11 Å². The van der Waals surface area contributed by atoms with Crippen molar-refractivity contribution in [3.8, 4) is 5.75 Å². The number of amides is 1. The molecule has 0 aliphatic heterocycles. The van der Waals surface area contributed by atoms with Crippen molar-refractivity contribution in [1.29, 1.82) is 0 Å². The topological polar surface area (TPSA) is 50.4 Å². The Balaban J connectivity index is 1.91. The Bertz CT molecular complexity index is 644. The molecule has 5 heteroatoms. The summed E-state index contributed by atoms with van der Waals surface area (Å²) >= 11 is 5.17. The minimum absolute atomic E-state index is 0.155. The number of anilines is 1. The van der Waals surface area contributed by atoms with E-state index in [1.165, 1.54) is 0 Å². The molecule has 0 bridgehead atoms. The number of ether oxygens (including phenoxy) is 1. The van der Waals surface area contributed by atoms with Crippen molar-refractivity contribution >= 4 is 28.9 Å².